The first-order valence-electron chi connectivity index (χ1n) is 4.42. The fourth-order valence-electron chi connectivity index (χ4n) is 1.21. The molecule has 14 heavy (non-hydrogen) atoms. The Morgan fingerprint density at radius 3 is 2.57 bits per heavy atom. The highest BCUT2D eigenvalue weighted by Gasteiger charge is 2.02. The monoisotopic (exact) mass is 221 g/mol. The maximum absolute atomic E-state index is 4.47. The lowest BCUT2D eigenvalue weighted by Gasteiger charge is -1.96. The van der Waals surface area contributed by atoms with Crippen molar-refractivity contribution in [2.24, 2.45) is 0 Å². The van der Waals surface area contributed by atoms with Crippen LogP contribution in [0.4, 0.5) is 0 Å². The normalized spacial score (nSPS) is 10.4. The van der Waals surface area contributed by atoms with E-state index >= 15 is 0 Å². The van der Waals surface area contributed by atoms with Gasteiger partial charge >= 0.3 is 0 Å². The summed E-state index contributed by atoms with van der Waals surface area (Å²) < 4.78 is 0. The van der Waals surface area contributed by atoms with Crippen LogP contribution in [0.25, 0.3) is 10.6 Å². The van der Waals surface area contributed by atoms with Crippen LogP contribution in [0.2, 0.25) is 0 Å². The molecule has 0 N–H and O–H groups in total. The highest BCUT2D eigenvalue weighted by atomic mass is 32.1. The molecule has 0 bridgehead atoms. The number of aromatic nitrogens is 1. The molecule has 0 radical (unpaired) electrons. The molecule has 0 saturated heterocycles. The van der Waals surface area contributed by atoms with Gasteiger partial charge in [-0.1, -0.05) is 29.8 Å². The van der Waals surface area contributed by atoms with E-state index in [1.165, 1.54) is 11.1 Å². The minimum absolute atomic E-state index is 0.711. The van der Waals surface area contributed by atoms with Crippen molar-refractivity contribution >= 4 is 24.0 Å². The molecule has 1 aromatic heterocycles. The smallest absolute Gasteiger partial charge is 0.123 e. The number of benzene rings is 1. The van der Waals surface area contributed by atoms with Crippen LogP contribution in [0.1, 0.15) is 11.3 Å². The molecule has 72 valence electrons. The Bertz CT molecular complexity index is 417. The predicted octanol–water partition coefficient (Wildman–Crippen LogP) is 3.55. The van der Waals surface area contributed by atoms with Crippen LogP contribution in [0.3, 0.4) is 0 Å². The summed E-state index contributed by atoms with van der Waals surface area (Å²) in [4.78, 5) is 4.47. The molecule has 0 atom stereocenters. The second-order valence-electron chi connectivity index (χ2n) is 3.17. The van der Waals surface area contributed by atoms with Gasteiger partial charge in [0.05, 0.1) is 5.69 Å². The fraction of sp³-hybridized carbons (Fsp3) is 0.182. The number of hydrogen-bond donors (Lipinski definition) is 1. The van der Waals surface area contributed by atoms with Crippen LogP contribution >= 0.6 is 24.0 Å². The molecule has 0 fully saturated rings. The topological polar surface area (TPSA) is 12.9 Å². The first kappa shape index (κ1) is 9.74. The minimum atomic E-state index is 0.711. The number of hydrogen-bond acceptors (Lipinski definition) is 3. The van der Waals surface area contributed by atoms with Gasteiger partial charge in [-0.05, 0) is 6.92 Å². The Morgan fingerprint density at radius 2 is 2.00 bits per heavy atom. The van der Waals surface area contributed by atoms with Gasteiger partial charge in [-0.25, -0.2) is 4.98 Å². The lowest BCUT2D eigenvalue weighted by molar-refractivity contribution is 1.24. The molecule has 1 nitrogen and oxygen atoms in total. The van der Waals surface area contributed by atoms with E-state index in [9.17, 15) is 0 Å². The minimum Gasteiger partial charge on any atom is -0.240 e. The van der Waals surface area contributed by atoms with E-state index in [4.69, 9.17) is 0 Å². The van der Waals surface area contributed by atoms with Crippen LogP contribution < -0.4 is 0 Å². The Balaban J connectivity index is 2.34. The molecule has 1 heterocycles. The third-order valence-electron chi connectivity index (χ3n) is 2.01. The van der Waals surface area contributed by atoms with E-state index in [-0.39, 0.29) is 0 Å². The second kappa shape index (κ2) is 4.15. The van der Waals surface area contributed by atoms with Crippen molar-refractivity contribution < 1.29 is 0 Å². The van der Waals surface area contributed by atoms with Crippen LogP contribution in [-0.2, 0) is 5.75 Å². The summed E-state index contributed by atoms with van der Waals surface area (Å²) in [5.41, 5.74) is 3.52. The molecule has 0 spiro atoms. The molecule has 0 unspecified atom stereocenters. The van der Waals surface area contributed by atoms with Crippen molar-refractivity contribution in [2.75, 3.05) is 0 Å². The van der Waals surface area contributed by atoms with Gasteiger partial charge in [0.2, 0.25) is 0 Å². The van der Waals surface area contributed by atoms with Gasteiger partial charge < -0.3 is 0 Å². The average molecular weight is 221 g/mol. The molecule has 0 aliphatic heterocycles. The zero-order valence-corrected chi connectivity index (χ0v) is 9.61. The van der Waals surface area contributed by atoms with Crippen LogP contribution in [-0.4, -0.2) is 4.98 Å². The summed E-state index contributed by atoms with van der Waals surface area (Å²) in [5.74, 6) is 0.711. The van der Waals surface area contributed by atoms with Crippen molar-refractivity contribution in [2.45, 2.75) is 12.7 Å². The van der Waals surface area contributed by atoms with E-state index in [0.29, 0.717) is 5.75 Å². The van der Waals surface area contributed by atoms with Crippen molar-refractivity contribution in [1.29, 1.82) is 0 Å². The molecule has 3 heteroatoms. The number of rotatable bonds is 2. The number of nitrogens with zero attached hydrogens (tertiary/aromatic N) is 1. The van der Waals surface area contributed by atoms with E-state index in [1.54, 1.807) is 11.3 Å². The lowest BCUT2D eigenvalue weighted by atomic mass is 10.2. The Hall–Kier alpha value is -0.800. The average Bonchev–Trinajstić information content (AvgIpc) is 2.67. The second-order valence-corrected chi connectivity index (χ2v) is 4.34. The van der Waals surface area contributed by atoms with Gasteiger partial charge in [0.15, 0.2) is 0 Å². The van der Waals surface area contributed by atoms with Crippen LogP contribution in [0, 0.1) is 6.92 Å². The van der Waals surface area contributed by atoms with E-state index in [1.807, 2.05) is 0 Å². The van der Waals surface area contributed by atoms with Gasteiger partial charge in [0.25, 0.3) is 0 Å². The van der Waals surface area contributed by atoms with Crippen LogP contribution in [0.5, 0.6) is 0 Å². The van der Waals surface area contributed by atoms with Gasteiger partial charge in [-0.3, -0.25) is 0 Å². The Labute approximate surface area is 93.2 Å². The first-order chi connectivity index (χ1) is 6.79. The predicted molar refractivity (Wildman–Crippen MR) is 65.0 cm³/mol. The summed E-state index contributed by atoms with van der Waals surface area (Å²) in [6, 6.07) is 8.43. The number of thiol groups is 1. The molecular weight excluding hydrogens is 210 g/mol. The number of aryl methyl sites for hydroxylation is 1. The van der Waals surface area contributed by atoms with Crippen LogP contribution in [0.15, 0.2) is 29.6 Å². The lowest BCUT2D eigenvalue weighted by Crippen LogP contribution is -1.79. The standard InChI is InChI=1S/C11H11NS2/c1-8-2-4-9(5-3-8)11-12-10(6-13)7-14-11/h2-5,7,13H,6H2,1H3. The quantitative estimate of drug-likeness (QED) is 0.765. The van der Waals surface area contributed by atoms with Gasteiger partial charge in [-0.2, -0.15) is 12.6 Å². The summed E-state index contributed by atoms with van der Waals surface area (Å²) in [6.07, 6.45) is 0. The zero-order valence-electron chi connectivity index (χ0n) is 7.90. The van der Waals surface area contributed by atoms with Crippen molar-refractivity contribution in [1.82, 2.24) is 4.98 Å². The summed E-state index contributed by atoms with van der Waals surface area (Å²) in [6.45, 7) is 2.09. The number of thiazole rings is 1. The maximum atomic E-state index is 4.47. The third-order valence-corrected chi connectivity index (χ3v) is 3.28. The molecule has 0 amide bonds. The Morgan fingerprint density at radius 1 is 1.29 bits per heavy atom. The molecular formula is C11H11NS2. The maximum Gasteiger partial charge on any atom is 0.123 e. The first-order valence-corrected chi connectivity index (χ1v) is 5.93. The molecule has 2 rings (SSSR count). The summed E-state index contributed by atoms with van der Waals surface area (Å²) in [5, 5.41) is 3.14. The van der Waals surface area contributed by atoms with Gasteiger partial charge in [-0.15, -0.1) is 11.3 Å². The van der Waals surface area contributed by atoms with E-state index < -0.39 is 0 Å². The Kier molecular flexibility index (Phi) is 2.89. The molecule has 1 aromatic carbocycles. The van der Waals surface area contributed by atoms with E-state index in [2.05, 4.69) is 54.2 Å². The van der Waals surface area contributed by atoms with Gasteiger partial charge in [0, 0.05) is 16.7 Å². The highest BCUT2D eigenvalue weighted by Crippen LogP contribution is 2.24. The van der Waals surface area contributed by atoms with Crippen molar-refractivity contribution in [3.63, 3.8) is 0 Å². The summed E-state index contributed by atoms with van der Waals surface area (Å²) in [7, 11) is 0. The molecule has 0 aliphatic carbocycles. The summed E-state index contributed by atoms with van der Waals surface area (Å²) >= 11 is 5.87. The van der Waals surface area contributed by atoms with Crippen molar-refractivity contribution in [3.05, 3.63) is 40.9 Å². The molecule has 0 aliphatic rings. The zero-order chi connectivity index (χ0) is 9.97. The van der Waals surface area contributed by atoms with Gasteiger partial charge in [0.1, 0.15) is 5.01 Å². The fourth-order valence-corrected chi connectivity index (χ4v) is 2.32. The molecule has 2 aromatic rings. The SMILES string of the molecule is Cc1ccc(-c2nc(CS)cs2)cc1. The van der Waals surface area contributed by atoms with Crippen molar-refractivity contribution in [3.8, 4) is 10.6 Å². The molecule has 0 saturated carbocycles. The highest BCUT2D eigenvalue weighted by molar-refractivity contribution is 7.79. The van der Waals surface area contributed by atoms with E-state index in [0.717, 1.165) is 10.7 Å². The largest absolute Gasteiger partial charge is 0.240 e. The third kappa shape index (κ3) is 1.99.